The molecular weight excluding hydrogens is 422 g/mol. The Kier molecular flexibility index (Phi) is 4.38. The molecular formula is C26H10F2N4O. The van der Waals surface area contributed by atoms with Crippen molar-refractivity contribution in [2.45, 2.75) is 0 Å². The summed E-state index contributed by atoms with van der Waals surface area (Å²) in [6, 6.07) is 16.0. The third kappa shape index (κ3) is 2.62. The number of phenols is 1. The Morgan fingerprint density at radius 1 is 0.879 bits per heavy atom. The van der Waals surface area contributed by atoms with Crippen LogP contribution in [0.3, 0.4) is 0 Å². The van der Waals surface area contributed by atoms with Crippen molar-refractivity contribution in [3.05, 3.63) is 99.8 Å². The number of rotatable bonds is 0. The van der Waals surface area contributed by atoms with E-state index in [0.29, 0.717) is 28.0 Å². The van der Waals surface area contributed by atoms with Gasteiger partial charge in [-0.15, -0.1) is 0 Å². The Morgan fingerprint density at radius 2 is 1.64 bits per heavy atom. The summed E-state index contributed by atoms with van der Waals surface area (Å²) in [4.78, 5) is 4.39. The van der Waals surface area contributed by atoms with E-state index in [1.54, 1.807) is 42.6 Å². The summed E-state index contributed by atoms with van der Waals surface area (Å²) in [5.74, 6) is -2.39. The van der Waals surface area contributed by atoms with Crippen LogP contribution in [0.15, 0.2) is 65.9 Å². The van der Waals surface area contributed by atoms with Gasteiger partial charge in [0.1, 0.15) is 23.5 Å². The lowest BCUT2D eigenvalue weighted by atomic mass is 9.89. The van der Waals surface area contributed by atoms with Crippen molar-refractivity contribution < 1.29 is 13.9 Å². The Balaban J connectivity index is 2.06. The highest BCUT2D eigenvalue weighted by Gasteiger charge is 2.39. The maximum absolute atomic E-state index is 15.1. The number of pyridine rings is 1. The van der Waals surface area contributed by atoms with E-state index < -0.39 is 17.2 Å². The van der Waals surface area contributed by atoms with Gasteiger partial charge in [0.05, 0.1) is 17.3 Å². The number of aromatic hydroxyl groups is 1. The highest BCUT2D eigenvalue weighted by Crippen LogP contribution is 2.56. The van der Waals surface area contributed by atoms with Crippen molar-refractivity contribution in [2.75, 3.05) is 0 Å². The van der Waals surface area contributed by atoms with Crippen LogP contribution in [0.25, 0.3) is 28.0 Å². The van der Waals surface area contributed by atoms with Crippen LogP contribution in [0.5, 0.6) is 5.75 Å². The standard InChI is InChI=1S/C26H10F2N4O/c27-18-7-6-14-15(8-9-29)23(20(13(11-30)12-31)24(14)25(18)28)21-16-3-1-5-19(33)22(16)26-17(21)4-2-10-32-26/h1-8,10,33H/b15-8+,23-21+. The molecule has 0 amide bonds. The van der Waals surface area contributed by atoms with Gasteiger partial charge in [-0.05, 0) is 29.3 Å². The second kappa shape index (κ2) is 7.27. The lowest BCUT2D eigenvalue weighted by Crippen LogP contribution is -1.96. The molecule has 33 heavy (non-hydrogen) atoms. The largest absolute Gasteiger partial charge is 0.507 e. The average Bonchev–Trinajstić information content (AvgIpc) is 3.31. The zero-order valence-corrected chi connectivity index (χ0v) is 16.7. The average molecular weight is 432 g/mol. The molecule has 0 saturated carbocycles. The minimum Gasteiger partial charge on any atom is -0.507 e. The smallest absolute Gasteiger partial charge is 0.167 e. The van der Waals surface area contributed by atoms with E-state index in [0.717, 1.165) is 6.07 Å². The number of halogens is 2. The Hall–Kier alpha value is -5.06. The fourth-order valence-corrected chi connectivity index (χ4v) is 4.49. The molecule has 2 aliphatic carbocycles. The lowest BCUT2D eigenvalue weighted by Gasteiger charge is -2.12. The molecule has 0 aliphatic heterocycles. The van der Waals surface area contributed by atoms with Crippen LogP contribution in [0.4, 0.5) is 8.78 Å². The van der Waals surface area contributed by atoms with Gasteiger partial charge in [-0.25, -0.2) is 8.78 Å². The van der Waals surface area contributed by atoms with Crippen LogP contribution in [-0.4, -0.2) is 10.1 Å². The van der Waals surface area contributed by atoms with Crippen molar-refractivity contribution >= 4 is 16.7 Å². The Labute approximate surface area is 186 Å². The van der Waals surface area contributed by atoms with Gasteiger partial charge in [0.15, 0.2) is 11.6 Å². The highest BCUT2D eigenvalue weighted by molar-refractivity contribution is 6.20. The minimum atomic E-state index is -1.22. The number of hydrogen-bond donors (Lipinski definition) is 1. The fourth-order valence-electron chi connectivity index (χ4n) is 4.49. The molecule has 5 nitrogen and oxygen atoms in total. The van der Waals surface area contributed by atoms with Gasteiger partial charge in [-0.3, -0.25) is 4.98 Å². The van der Waals surface area contributed by atoms with Crippen LogP contribution >= 0.6 is 0 Å². The number of fused-ring (bicyclic) bond motifs is 4. The Bertz CT molecular complexity index is 1610. The summed E-state index contributed by atoms with van der Waals surface area (Å²) in [5, 5.41) is 39.4. The predicted molar refractivity (Wildman–Crippen MR) is 115 cm³/mol. The van der Waals surface area contributed by atoms with Crippen LogP contribution < -0.4 is 0 Å². The minimum absolute atomic E-state index is 0.0343. The molecule has 0 fully saturated rings. The number of aromatic nitrogens is 1. The second-order valence-corrected chi connectivity index (χ2v) is 7.29. The zero-order valence-electron chi connectivity index (χ0n) is 16.7. The number of benzene rings is 2. The fraction of sp³-hybridized carbons (Fsp3) is 0. The van der Waals surface area contributed by atoms with E-state index in [1.165, 1.54) is 18.2 Å². The highest BCUT2D eigenvalue weighted by atomic mass is 19.2. The number of allylic oxidation sites excluding steroid dienone is 5. The third-order valence-electron chi connectivity index (χ3n) is 5.71. The number of nitrogens with zero attached hydrogens (tertiary/aromatic N) is 4. The summed E-state index contributed by atoms with van der Waals surface area (Å²) < 4.78 is 29.4. The van der Waals surface area contributed by atoms with Gasteiger partial charge in [-0.1, -0.05) is 24.3 Å². The molecule has 3 aromatic rings. The van der Waals surface area contributed by atoms with Crippen LogP contribution in [0, 0.1) is 45.6 Å². The SMILES string of the molecule is N#C/C=C1/C(=C2\c3cccnc3-c3c(O)cccc32)C(=C(C#N)C#N)c2c1ccc(F)c2F. The summed E-state index contributed by atoms with van der Waals surface area (Å²) in [6.07, 6.45) is 2.73. The van der Waals surface area contributed by atoms with Gasteiger partial charge < -0.3 is 5.11 Å². The first-order valence-corrected chi connectivity index (χ1v) is 9.69. The van der Waals surface area contributed by atoms with E-state index in [1.807, 2.05) is 6.07 Å². The molecule has 0 radical (unpaired) electrons. The molecule has 1 N–H and O–H groups in total. The zero-order chi connectivity index (χ0) is 23.3. The van der Waals surface area contributed by atoms with E-state index in [4.69, 9.17) is 0 Å². The summed E-state index contributed by atoms with van der Waals surface area (Å²) >= 11 is 0. The summed E-state index contributed by atoms with van der Waals surface area (Å²) in [5.41, 5.74) is 2.33. The van der Waals surface area contributed by atoms with Gasteiger partial charge in [-0.2, -0.15) is 15.8 Å². The van der Waals surface area contributed by atoms with Crippen molar-refractivity contribution in [3.63, 3.8) is 0 Å². The molecule has 7 heteroatoms. The van der Waals surface area contributed by atoms with Crippen molar-refractivity contribution in [1.29, 1.82) is 15.8 Å². The first kappa shape index (κ1) is 19.9. The summed E-state index contributed by atoms with van der Waals surface area (Å²) in [7, 11) is 0. The molecule has 1 heterocycles. The van der Waals surface area contributed by atoms with E-state index in [9.17, 15) is 25.3 Å². The maximum Gasteiger partial charge on any atom is 0.167 e. The molecule has 0 unspecified atom stereocenters. The van der Waals surface area contributed by atoms with Crippen molar-refractivity contribution in [1.82, 2.24) is 4.98 Å². The van der Waals surface area contributed by atoms with Crippen LogP contribution in [-0.2, 0) is 0 Å². The lowest BCUT2D eigenvalue weighted by molar-refractivity contribution is 0.477. The molecule has 0 atom stereocenters. The van der Waals surface area contributed by atoms with Crippen LogP contribution in [0.1, 0.15) is 22.3 Å². The molecule has 1 aromatic heterocycles. The van der Waals surface area contributed by atoms with E-state index in [-0.39, 0.29) is 33.6 Å². The molecule has 2 aliphatic rings. The van der Waals surface area contributed by atoms with Crippen LogP contribution in [0.2, 0.25) is 0 Å². The van der Waals surface area contributed by atoms with E-state index in [2.05, 4.69) is 4.98 Å². The Morgan fingerprint density at radius 3 is 2.36 bits per heavy atom. The molecule has 0 spiro atoms. The van der Waals surface area contributed by atoms with Gasteiger partial charge >= 0.3 is 0 Å². The first-order chi connectivity index (χ1) is 16.0. The van der Waals surface area contributed by atoms with E-state index >= 15 is 4.39 Å². The third-order valence-corrected chi connectivity index (χ3v) is 5.71. The van der Waals surface area contributed by atoms with Crippen molar-refractivity contribution in [3.8, 4) is 35.2 Å². The predicted octanol–water partition coefficient (Wildman–Crippen LogP) is 5.27. The number of hydrogen-bond acceptors (Lipinski definition) is 5. The summed E-state index contributed by atoms with van der Waals surface area (Å²) in [6.45, 7) is 0. The molecule has 154 valence electrons. The normalized spacial score (nSPS) is 16.5. The first-order valence-electron chi connectivity index (χ1n) is 9.69. The monoisotopic (exact) mass is 432 g/mol. The second-order valence-electron chi connectivity index (χ2n) is 7.29. The molecule has 5 rings (SSSR count). The molecule has 2 aromatic carbocycles. The van der Waals surface area contributed by atoms with Gasteiger partial charge in [0.2, 0.25) is 0 Å². The van der Waals surface area contributed by atoms with Gasteiger partial charge in [0, 0.05) is 45.7 Å². The molecule has 0 bridgehead atoms. The molecule has 0 saturated heterocycles. The number of phenolic OH excluding ortho intramolecular Hbond substituents is 1. The maximum atomic E-state index is 15.1. The van der Waals surface area contributed by atoms with Crippen molar-refractivity contribution in [2.24, 2.45) is 0 Å². The quantitative estimate of drug-likeness (QED) is 0.381. The van der Waals surface area contributed by atoms with Gasteiger partial charge in [0.25, 0.3) is 0 Å². The number of nitriles is 3. The topological polar surface area (TPSA) is 104 Å².